The molecule has 2 heterocycles. The highest BCUT2D eigenvalue weighted by atomic mass is 16.4. The summed E-state index contributed by atoms with van der Waals surface area (Å²) in [6.45, 7) is -0.850. The van der Waals surface area contributed by atoms with Crippen molar-refractivity contribution >= 4 is 22.9 Å². The van der Waals surface area contributed by atoms with E-state index in [2.05, 4.69) is 15.0 Å². The molecule has 0 aromatic carbocycles. The van der Waals surface area contributed by atoms with Crippen molar-refractivity contribution in [3.63, 3.8) is 0 Å². The summed E-state index contributed by atoms with van der Waals surface area (Å²) in [5.74, 6) is -1.01. The molecule has 22 heavy (non-hydrogen) atoms. The second kappa shape index (κ2) is 6.29. The van der Waals surface area contributed by atoms with Crippen LogP contribution in [0.3, 0.4) is 0 Å². The molecule has 0 aliphatic rings. The van der Waals surface area contributed by atoms with Crippen LogP contribution in [0.1, 0.15) is 4.79 Å². The molecule has 0 amide bonds. The van der Waals surface area contributed by atoms with Gasteiger partial charge in [-0.25, -0.2) is 15.0 Å². The van der Waals surface area contributed by atoms with E-state index in [0.717, 1.165) is 17.2 Å². The summed E-state index contributed by atoms with van der Waals surface area (Å²) >= 11 is 0. The molecule has 0 fully saturated rings. The summed E-state index contributed by atoms with van der Waals surface area (Å²) in [4.78, 5) is 23.5. The van der Waals surface area contributed by atoms with Gasteiger partial charge in [-0.15, -0.1) is 0 Å². The maximum Gasteiger partial charge on any atom is 0.265 e. The van der Waals surface area contributed by atoms with E-state index in [-0.39, 0.29) is 17.0 Å². The lowest BCUT2D eigenvalue weighted by Crippen LogP contribution is -2.49. The molecule has 11 nitrogen and oxygen atoms in total. The quantitative estimate of drug-likeness (QED) is 0.323. The van der Waals surface area contributed by atoms with Gasteiger partial charge in [-0.3, -0.25) is 9.36 Å². The van der Waals surface area contributed by atoms with Crippen molar-refractivity contribution in [2.75, 3.05) is 12.3 Å². The number of aromatic nitrogens is 4. The fraction of sp³-hybridized carbons (Fsp3) is 0.455. The molecular weight excluding hydrogens is 298 g/mol. The zero-order valence-corrected chi connectivity index (χ0v) is 11.2. The molecule has 2 aromatic heterocycles. The minimum Gasteiger partial charge on any atom is -0.394 e. The monoisotopic (exact) mass is 313 g/mol. The van der Waals surface area contributed by atoms with Crippen molar-refractivity contribution in [2.45, 2.75) is 24.4 Å². The van der Waals surface area contributed by atoms with Crippen LogP contribution in [0.15, 0.2) is 12.7 Å². The normalized spacial score (nSPS) is 17.1. The maximum atomic E-state index is 12.1. The van der Waals surface area contributed by atoms with E-state index in [9.17, 15) is 25.2 Å². The van der Waals surface area contributed by atoms with Gasteiger partial charge in [-0.05, 0) is 0 Å². The second-order valence-electron chi connectivity index (χ2n) is 4.56. The number of carbonyl (C=O) groups is 1. The van der Waals surface area contributed by atoms with Gasteiger partial charge in [0.1, 0.15) is 31.0 Å². The molecule has 0 saturated carbocycles. The van der Waals surface area contributed by atoms with E-state index in [4.69, 9.17) is 10.8 Å². The second-order valence-corrected chi connectivity index (χ2v) is 4.56. The van der Waals surface area contributed by atoms with Gasteiger partial charge in [-0.1, -0.05) is 0 Å². The van der Waals surface area contributed by atoms with Gasteiger partial charge >= 0.3 is 0 Å². The number of carbonyl (C=O) groups excluding carboxylic acids is 1. The molecule has 4 atom stereocenters. The molecule has 2 rings (SSSR count). The van der Waals surface area contributed by atoms with E-state index in [1.54, 1.807) is 0 Å². The van der Waals surface area contributed by atoms with Crippen molar-refractivity contribution in [1.82, 2.24) is 19.5 Å². The summed E-state index contributed by atoms with van der Waals surface area (Å²) in [6.07, 6.45) is -5.61. The van der Waals surface area contributed by atoms with Gasteiger partial charge in [0, 0.05) is 0 Å². The van der Waals surface area contributed by atoms with Crippen LogP contribution in [0.5, 0.6) is 0 Å². The minimum atomic E-state index is -2.08. The number of nitrogens with two attached hydrogens (primary N) is 1. The van der Waals surface area contributed by atoms with Gasteiger partial charge in [0.2, 0.25) is 0 Å². The number of nitrogen functional groups attached to an aromatic ring is 1. The Morgan fingerprint density at radius 3 is 2.50 bits per heavy atom. The van der Waals surface area contributed by atoms with E-state index < -0.39 is 36.9 Å². The van der Waals surface area contributed by atoms with E-state index in [1.165, 1.54) is 0 Å². The van der Waals surface area contributed by atoms with E-state index in [0.29, 0.717) is 0 Å². The summed E-state index contributed by atoms with van der Waals surface area (Å²) in [5, 5.41) is 47.0. The fourth-order valence-electron chi connectivity index (χ4n) is 1.83. The van der Waals surface area contributed by atoms with Gasteiger partial charge in [0.25, 0.3) is 5.91 Å². The first-order valence-electron chi connectivity index (χ1n) is 6.19. The SMILES string of the molecule is Nc1ncnc2c1ncn2C(=O)[C@H](O)[C@@H](O)[C@H](O)[C@H](O)CO. The van der Waals surface area contributed by atoms with Crippen LogP contribution in [0.4, 0.5) is 5.82 Å². The lowest BCUT2D eigenvalue weighted by atomic mass is 10.0. The Hall–Kier alpha value is -2.18. The van der Waals surface area contributed by atoms with Crippen molar-refractivity contribution in [3.8, 4) is 0 Å². The molecule has 7 N–H and O–H groups in total. The maximum absolute atomic E-state index is 12.1. The van der Waals surface area contributed by atoms with Crippen molar-refractivity contribution in [2.24, 2.45) is 0 Å². The predicted molar refractivity (Wildman–Crippen MR) is 71.5 cm³/mol. The van der Waals surface area contributed by atoms with Gasteiger partial charge in [-0.2, -0.15) is 0 Å². The zero-order valence-electron chi connectivity index (χ0n) is 11.2. The smallest absolute Gasteiger partial charge is 0.265 e. The summed E-state index contributed by atoms with van der Waals surface area (Å²) in [6, 6.07) is 0. The number of rotatable bonds is 5. The molecule has 0 radical (unpaired) electrons. The Morgan fingerprint density at radius 2 is 1.86 bits per heavy atom. The summed E-state index contributed by atoms with van der Waals surface area (Å²) in [5.41, 5.74) is 5.71. The Morgan fingerprint density at radius 1 is 1.18 bits per heavy atom. The highest BCUT2D eigenvalue weighted by Gasteiger charge is 2.35. The average Bonchev–Trinajstić information content (AvgIpc) is 2.96. The Bertz CT molecular complexity index is 676. The summed E-state index contributed by atoms with van der Waals surface area (Å²) < 4.78 is 0.833. The van der Waals surface area contributed by atoms with Crippen LogP contribution >= 0.6 is 0 Å². The van der Waals surface area contributed by atoms with Gasteiger partial charge in [0.05, 0.1) is 6.61 Å². The average molecular weight is 313 g/mol. The fourth-order valence-corrected chi connectivity index (χ4v) is 1.83. The van der Waals surface area contributed by atoms with Gasteiger partial charge < -0.3 is 31.3 Å². The molecule has 0 bridgehead atoms. The molecule has 0 saturated heterocycles. The van der Waals surface area contributed by atoms with Crippen LogP contribution in [0.25, 0.3) is 11.2 Å². The predicted octanol–water partition coefficient (Wildman–Crippen LogP) is -3.52. The van der Waals surface area contributed by atoms with Crippen LogP contribution in [0, 0.1) is 0 Å². The highest BCUT2D eigenvalue weighted by Crippen LogP contribution is 2.16. The van der Waals surface area contributed by atoms with E-state index in [1.807, 2.05) is 0 Å². The van der Waals surface area contributed by atoms with Crippen LogP contribution in [-0.2, 0) is 0 Å². The zero-order chi connectivity index (χ0) is 16.4. The number of aliphatic hydroxyl groups is 5. The number of fused-ring (bicyclic) bond motifs is 1. The first kappa shape index (κ1) is 16.2. The first-order valence-corrected chi connectivity index (χ1v) is 6.19. The lowest BCUT2D eigenvalue weighted by molar-refractivity contribution is -0.107. The Kier molecular flexibility index (Phi) is 4.63. The number of hydrogen-bond acceptors (Lipinski definition) is 10. The third kappa shape index (κ3) is 2.75. The van der Waals surface area contributed by atoms with Crippen molar-refractivity contribution in [3.05, 3.63) is 12.7 Å². The van der Waals surface area contributed by atoms with Crippen LogP contribution in [0.2, 0.25) is 0 Å². The summed E-state index contributed by atoms with van der Waals surface area (Å²) in [7, 11) is 0. The number of nitrogens with zero attached hydrogens (tertiary/aromatic N) is 4. The molecule has 0 aliphatic heterocycles. The van der Waals surface area contributed by atoms with E-state index >= 15 is 0 Å². The Labute approximate surface area is 123 Å². The standard InChI is InChI=1S/C11H15N5O6/c12-9-5-10(14-2-13-9)16(3-15-5)11(22)8(21)7(20)6(19)4(18)1-17/h2-4,6-8,17-21H,1H2,(H2,12,13,14)/t4-,6-,7+,8-/m1/s1. The minimum absolute atomic E-state index is 0.0148. The highest BCUT2D eigenvalue weighted by molar-refractivity contribution is 5.93. The molecular formula is C11H15N5O6. The van der Waals surface area contributed by atoms with Crippen LogP contribution < -0.4 is 5.73 Å². The molecule has 2 aromatic rings. The third-order valence-corrected chi connectivity index (χ3v) is 3.11. The molecule has 0 unspecified atom stereocenters. The molecule has 120 valence electrons. The number of anilines is 1. The van der Waals surface area contributed by atoms with Gasteiger partial charge in [0.15, 0.2) is 23.1 Å². The number of imidazole rings is 1. The topological polar surface area (TPSA) is 188 Å². The largest absolute Gasteiger partial charge is 0.394 e. The first-order chi connectivity index (χ1) is 10.4. The van der Waals surface area contributed by atoms with Crippen molar-refractivity contribution in [1.29, 1.82) is 0 Å². The molecule has 0 aliphatic carbocycles. The van der Waals surface area contributed by atoms with Crippen molar-refractivity contribution < 1.29 is 30.3 Å². The molecule has 0 spiro atoms. The van der Waals surface area contributed by atoms with Crippen LogP contribution in [-0.4, -0.2) is 82.0 Å². The third-order valence-electron chi connectivity index (χ3n) is 3.11. The number of hydrogen-bond donors (Lipinski definition) is 6. The lowest BCUT2D eigenvalue weighted by Gasteiger charge is -2.24. The Balaban J connectivity index is 2.28. The number of aliphatic hydroxyl groups excluding tert-OH is 5. The molecule has 11 heteroatoms.